The number of benzene rings is 6. The molecule has 1 aliphatic heterocycles. The van der Waals surface area contributed by atoms with Crippen LogP contribution in [0.1, 0.15) is 43.9 Å². The predicted molar refractivity (Wildman–Crippen MR) is 253 cm³/mol. The summed E-state index contributed by atoms with van der Waals surface area (Å²) >= 11 is 0. The molecule has 0 atom stereocenters. The summed E-state index contributed by atoms with van der Waals surface area (Å²) in [5, 5.41) is 3.34. The smallest absolute Gasteiger partial charge is 0.235 e. The summed E-state index contributed by atoms with van der Waals surface area (Å²) in [6.45, 7) is 8.92. The molecule has 2 aromatic heterocycles. The van der Waals surface area contributed by atoms with E-state index in [1.54, 1.807) is 0 Å². The molecule has 0 saturated carbocycles. The number of anilines is 3. The first kappa shape index (κ1) is 38.2. The number of hydrogen-bond donors (Lipinski definition) is 0. The predicted octanol–water partition coefficient (Wildman–Crippen LogP) is 12.9. The van der Waals surface area contributed by atoms with E-state index in [0.717, 1.165) is 56.0 Å². The quantitative estimate of drug-likeness (QED) is 0.178. The molecular formula is C56H48N4. The molecule has 3 heterocycles. The average Bonchev–Trinajstić information content (AvgIpc) is 3.59. The van der Waals surface area contributed by atoms with Gasteiger partial charge in [-0.15, -0.1) is 0 Å². The van der Waals surface area contributed by atoms with Crippen LogP contribution in [0.25, 0.3) is 51.4 Å². The molecule has 0 fully saturated rings. The minimum Gasteiger partial charge on any atom is -0.310 e. The standard InChI is InChI=1S/C49H40N4.C7H8/c1-34-17-8-4-5-13-22-39-43(30-27-34)53(48-50-32-31-42(51-48)35-18-9-6-10-19-35)45-26-16-23-38(47(39)45)36-28-29-41-46(33-36)52(37-20-11-7-12-21-37)44-25-15-14-24-40(44)49(41,2)3;1-7-5-3-2-4-6-7/h5-33H,4H2,1-3H3;2-6H,1H3/b13-5-,17-8-,34-27+,39-22-,43-30+;. The minimum atomic E-state index is -0.178. The summed E-state index contributed by atoms with van der Waals surface area (Å²) in [5.41, 5.74) is 13.8. The van der Waals surface area contributed by atoms with E-state index in [4.69, 9.17) is 9.97 Å². The van der Waals surface area contributed by atoms with E-state index in [1.165, 1.54) is 33.6 Å². The Morgan fingerprint density at radius 2 is 1.32 bits per heavy atom. The number of nitrogens with zero attached hydrogens (tertiary/aromatic N) is 4. The topological polar surface area (TPSA) is 34.0 Å². The Hall–Kier alpha value is -7.30. The van der Waals surface area contributed by atoms with Crippen LogP contribution in [0.5, 0.6) is 0 Å². The zero-order valence-corrected chi connectivity index (χ0v) is 34.6. The van der Waals surface area contributed by atoms with Gasteiger partial charge in [-0.05, 0) is 85.0 Å². The lowest BCUT2D eigenvalue weighted by Gasteiger charge is -2.42. The highest BCUT2D eigenvalue weighted by molar-refractivity contribution is 5.99. The third-order valence-corrected chi connectivity index (χ3v) is 11.5. The molecule has 6 aromatic carbocycles. The van der Waals surface area contributed by atoms with Crippen LogP contribution in [0.3, 0.4) is 0 Å². The van der Waals surface area contributed by atoms with Crippen molar-refractivity contribution in [1.82, 2.24) is 14.5 Å². The van der Waals surface area contributed by atoms with Crippen molar-refractivity contribution in [1.29, 1.82) is 0 Å². The Bertz CT molecular complexity index is 3040. The van der Waals surface area contributed by atoms with Gasteiger partial charge in [0.2, 0.25) is 5.95 Å². The van der Waals surface area contributed by atoms with E-state index in [2.05, 4.69) is 195 Å². The van der Waals surface area contributed by atoms with Crippen molar-refractivity contribution in [3.05, 3.63) is 227 Å². The highest BCUT2D eigenvalue weighted by Crippen LogP contribution is 2.52. The Morgan fingerprint density at radius 3 is 2.08 bits per heavy atom. The van der Waals surface area contributed by atoms with Crippen molar-refractivity contribution in [3.8, 4) is 28.3 Å². The lowest BCUT2D eigenvalue weighted by atomic mass is 9.73. The van der Waals surface area contributed by atoms with Crippen LogP contribution in [0, 0.1) is 6.92 Å². The highest BCUT2D eigenvalue weighted by Gasteiger charge is 2.37. The summed E-state index contributed by atoms with van der Waals surface area (Å²) in [6, 6.07) is 55.8. The van der Waals surface area contributed by atoms with Crippen LogP contribution in [-0.2, 0) is 5.41 Å². The van der Waals surface area contributed by atoms with Crippen molar-refractivity contribution in [2.45, 2.75) is 39.5 Å². The first-order chi connectivity index (χ1) is 29.4. The van der Waals surface area contributed by atoms with Gasteiger partial charge in [0.15, 0.2) is 0 Å². The van der Waals surface area contributed by atoms with Gasteiger partial charge in [0.1, 0.15) is 0 Å². The molecule has 0 bridgehead atoms. The molecule has 2 aliphatic rings. The number of para-hydroxylation sites is 2. The van der Waals surface area contributed by atoms with Gasteiger partial charge in [-0.3, -0.25) is 4.57 Å². The van der Waals surface area contributed by atoms with Crippen LogP contribution >= 0.6 is 0 Å². The molecule has 0 saturated heterocycles. The fraction of sp³-hybridized carbons (Fsp3) is 0.107. The number of rotatable bonds is 4. The zero-order chi connectivity index (χ0) is 41.1. The van der Waals surface area contributed by atoms with Crippen molar-refractivity contribution >= 4 is 40.1 Å². The van der Waals surface area contributed by atoms with Gasteiger partial charge in [0.05, 0.1) is 27.9 Å². The molecule has 0 unspecified atom stereocenters. The Kier molecular flexibility index (Phi) is 10.5. The number of fused-ring (bicyclic) bond motifs is 5. The Balaban J connectivity index is 0.000000602. The Morgan fingerprint density at radius 1 is 0.600 bits per heavy atom. The molecule has 0 N–H and O–H groups in total. The van der Waals surface area contributed by atoms with Crippen LogP contribution < -0.4 is 15.5 Å². The molecule has 60 heavy (non-hydrogen) atoms. The van der Waals surface area contributed by atoms with E-state index >= 15 is 0 Å². The zero-order valence-electron chi connectivity index (χ0n) is 34.6. The van der Waals surface area contributed by atoms with E-state index in [1.807, 2.05) is 48.7 Å². The maximum Gasteiger partial charge on any atom is 0.235 e. The average molecular weight is 777 g/mol. The lowest BCUT2D eigenvalue weighted by molar-refractivity contribution is 0.632. The van der Waals surface area contributed by atoms with E-state index < -0.39 is 0 Å². The molecule has 1 aliphatic carbocycles. The SMILES string of the molecule is CC1=C\C=c2/c(c3c(-c4ccc5c(c4)N(c4ccccc4)c4ccccc4C5(C)C)cccc3n2-c2nccc(-c3ccccc3)n2)=C/C=C\C/C=C\1.Cc1ccccc1. The number of hydrogen-bond acceptors (Lipinski definition) is 3. The second kappa shape index (κ2) is 16.5. The maximum absolute atomic E-state index is 5.18. The van der Waals surface area contributed by atoms with Crippen molar-refractivity contribution < 1.29 is 0 Å². The first-order valence-corrected chi connectivity index (χ1v) is 20.7. The van der Waals surface area contributed by atoms with Gasteiger partial charge in [0, 0.05) is 33.5 Å². The van der Waals surface area contributed by atoms with E-state index in [0.29, 0.717) is 5.95 Å². The second-order valence-electron chi connectivity index (χ2n) is 16.0. The largest absolute Gasteiger partial charge is 0.310 e. The summed E-state index contributed by atoms with van der Waals surface area (Å²) < 4.78 is 2.23. The molecule has 0 radical (unpaired) electrons. The van der Waals surface area contributed by atoms with Crippen molar-refractivity contribution in [3.63, 3.8) is 0 Å². The van der Waals surface area contributed by atoms with Crippen molar-refractivity contribution in [2.24, 2.45) is 0 Å². The van der Waals surface area contributed by atoms with Gasteiger partial charge in [0.25, 0.3) is 0 Å². The number of aryl methyl sites for hydroxylation is 1. The van der Waals surface area contributed by atoms with E-state index in [9.17, 15) is 0 Å². The minimum absolute atomic E-state index is 0.178. The third kappa shape index (κ3) is 7.33. The second-order valence-corrected chi connectivity index (χ2v) is 16.0. The fourth-order valence-electron chi connectivity index (χ4n) is 8.52. The van der Waals surface area contributed by atoms with Gasteiger partial charge >= 0.3 is 0 Å². The van der Waals surface area contributed by atoms with Crippen LogP contribution in [0.4, 0.5) is 17.1 Å². The third-order valence-electron chi connectivity index (χ3n) is 11.5. The molecule has 8 aromatic rings. The Labute approximate surface area is 353 Å². The normalized spacial score (nSPS) is 17.0. The molecule has 10 rings (SSSR count). The summed E-state index contributed by atoms with van der Waals surface area (Å²) in [7, 11) is 0. The van der Waals surface area contributed by atoms with E-state index in [-0.39, 0.29) is 5.41 Å². The maximum atomic E-state index is 5.18. The van der Waals surface area contributed by atoms with Crippen LogP contribution in [0.2, 0.25) is 0 Å². The monoisotopic (exact) mass is 776 g/mol. The molecule has 0 spiro atoms. The lowest BCUT2D eigenvalue weighted by Crippen LogP contribution is -2.30. The van der Waals surface area contributed by atoms with Gasteiger partial charge < -0.3 is 4.90 Å². The summed E-state index contributed by atoms with van der Waals surface area (Å²) in [5.74, 6) is 0.638. The fourth-order valence-corrected chi connectivity index (χ4v) is 8.52. The van der Waals surface area contributed by atoms with Gasteiger partial charge in [-0.2, -0.15) is 0 Å². The highest BCUT2D eigenvalue weighted by atomic mass is 15.2. The van der Waals surface area contributed by atoms with Gasteiger partial charge in [-0.25, -0.2) is 9.97 Å². The molecular weight excluding hydrogens is 729 g/mol. The number of allylic oxidation sites excluding steroid dienone is 6. The number of aromatic nitrogens is 3. The molecule has 0 amide bonds. The van der Waals surface area contributed by atoms with Crippen LogP contribution in [0.15, 0.2) is 200 Å². The first-order valence-electron chi connectivity index (χ1n) is 20.7. The van der Waals surface area contributed by atoms with Crippen LogP contribution in [-0.4, -0.2) is 14.5 Å². The van der Waals surface area contributed by atoms with Crippen molar-refractivity contribution in [2.75, 3.05) is 4.90 Å². The summed E-state index contributed by atoms with van der Waals surface area (Å²) in [6.07, 6.45) is 18.2. The van der Waals surface area contributed by atoms with Gasteiger partial charge in [-0.1, -0.05) is 183 Å². The molecule has 4 heteroatoms. The molecule has 292 valence electrons. The summed E-state index contributed by atoms with van der Waals surface area (Å²) in [4.78, 5) is 12.5. The molecule has 4 nitrogen and oxygen atoms in total.